The normalized spacial score (nSPS) is 13.5. The molecule has 0 fully saturated rings. The van der Waals surface area contributed by atoms with Gasteiger partial charge >= 0.3 is 0 Å². The number of nitrogens with zero attached hydrogens (tertiary/aromatic N) is 1. The zero-order valence-corrected chi connectivity index (χ0v) is 13.9. The molecule has 0 spiro atoms. The summed E-state index contributed by atoms with van der Waals surface area (Å²) in [5.41, 5.74) is 1.36. The number of hydrogen-bond acceptors (Lipinski definition) is 2. The molecule has 0 radical (unpaired) electrons. The van der Waals surface area contributed by atoms with Crippen LogP contribution >= 0.6 is 11.6 Å². The van der Waals surface area contributed by atoms with Crippen LogP contribution in [-0.2, 0) is 6.42 Å². The molecular formula is C19H20ClNO. The van der Waals surface area contributed by atoms with Gasteiger partial charge in [-0.05, 0) is 48.2 Å². The molecule has 2 aromatic carbocycles. The Labute approximate surface area is 137 Å². The second-order valence-corrected chi connectivity index (χ2v) is 6.41. The lowest BCUT2D eigenvalue weighted by Crippen LogP contribution is -2.33. The number of hydrogen-bond donors (Lipinski definition) is 0. The lowest BCUT2D eigenvalue weighted by atomic mass is 9.97. The van der Waals surface area contributed by atoms with Crippen LogP contribution in [0, 0.1) is 11.3 Å². The molecule has 0 aliphatic carbocycles. The maximum Gasteiger partial charge on any atom is 0.195 e. The van der Waals surface area contributed by atoms with Crippen LogP contribution in [0.4, 0.5) is 0 Å². The van der Waals surface area contributed by atoms with Gasteiger partial charge in [0.1, 0.15) is 11.8 Å². The summed E-state index contributed by atoms with van der Waals surface area (Å²) < 4.78 is 5.93. The molecule has 1 unspecified atom stereocenters. The Hall–Kier alpha value is -1.98. The number of benzene rings is 2. The molecule has 0 N–H and O–H groups in total. The minimum Gasteiger partial charge on any atom is -0.472 e. The fourth-order valence-corrected chi connectivity index (χ4v) is 2.40. The fourth-order valence-electron chi connectivity index (χ4n) is 2.27. The monoisotopic (exact) mass is 313 g/mol. The van der Waals surface area contributed by atoms with Crippen LogP contribution in [0.2, 0.25) is 5.02 Å². The average Bonchev–Trinajstić information content (AvgIpc) is 2.50. The average molecular weight is 314 g/mol. The van der Waals surface area contributed by atoms with Gasteiger partial charge in [-0.2, -0.15) is 5.26 Å². The second-order valence-electron chi connectivity index (χ2n) is 5.97. The van der Waals surface area contributed by atoms with Crippen LogP contribution < -0.4 is 4.74 Å². The SMILES string of the molecule is CC(C)c1ccc(OC(C)(C#N)Cc2ccc(Cl)cc2)cc1. The molecule has 0 saturated heterocycles. The molecule has 0 aromatic heterocycles. The minimum atomic E-state index is -0.910. The van der Waals surface area contributed by atoms with E-state index in [0.717, 1.165) is 5.56 Å². The molecule has 2 nitrogen and oxygen atoms in total. The van der Waals surface area contributed by atoms with E-state index in [1.165, 1.54) is 5.56 Å². The van der Waals surface area contributed by atoms with Gasteiger partial charge in [0.2, 0.25) is 0 Å². The van der Waals surface area contributed by atoms with Crippen molar-refractivity contribution in [2.24, 2.45) is 0 Å². The van der Waals surface area contributed by atoms with Gasteiger partial charge in [-0.15, -0.1) is 0 Å². The van der Waals surface area contributed by atoms with Crippen LogP contribution in [0.15, 0.2) is 48.5 Å². The first-order valence-corrected chi connectivity index (χ1v) is 7.74. The molecule has 2 rings (SSSR count). The van der Waals surface area contributed by atoms with Gasteiger partial charge in [0, 0.05) is 11.4 Å². The van der Waals surface area contributed by atoms with Gasteiger partial charge in [-0.25, -0.2) is 0 Å². The summed E-state index contributed by atoms with van der Waals surface area (Å²) in [4.78, 5) is 0. The third kappa shape index (κ3) is 4.26. The lowest BCUT2D eigenvalue weighted by Gasteiger charge is -2.24. The van der Waals surface area contributed by atoms with Crippen molar-refractivity contribution in [3.8, 4) is 11.8 Å². The molecule has 1 atom stereocenters. The molecule has 0 bridgehead atoms. The predicted molar refractivity (Wildman–Crippen MR) is 90.3 cm³/mol. The number of nitriles is 1. The van der Waals surface area contributed by atoms with E-state index in [2.05, 4.69) is 19.9 Å². The molecule has 22 heavy (non-hydrogen) atoms. The maximum atomic E-state index is 9.50. The van der Waals surface area contributed by atoms with E-state index in [0.29, 0.717) is 23.1 Å². The lowest BCUT2D eigenvalue weighted by molar-refractivity contribution is 0.149. The van der Waals surface area contributed by atoms with Crippen LogP contribution in [0.1, 0.15) is 37.8 Å². The van der Waals surface area contributed by atoms with Crippen LogP contribution in [0.3, 0.4) is 0 Å². The topological polar surface area (TPSA) is 33.0 Å². The van der Waals surface area contributed by atoms with E-state index in [1.807, 2.05) is 48.5 Å². The zero-order chi connectivity index (χ0) is 16.2. The van der Waals surface area contributed by atoms with Crippen molar-refractivity contribution in [3.05, 3.63) is 64.7 Å². The molecule has 0 saturated carbocycles. The largest absolute Gasteiger partial charge is 0.472 e. The summed E-state index contributed by atoms with van der Waals surface area (Å²) in [7, 11) is 0. The summed E-state index contributed by atoms with van der Waals surface area (Å²) in [5, 5.41) is 10.2. The van der Waals surface area contributed by atoms with Gasteiger partial charge in [-0.1, -0.05) is 49.7 Å². The number of ether oxygens (including phenoxy) is 1. The van der Waals surface area contributed by atoms with Crippen LogP contribution in [-0.4, -0.2) is 5.60 Å². The Balaban J connectivity index is 2.13. The molecule has 3 heteroatoms. The van der Waals surface area contributed by atoms with Crippen molar-refractivity contribution in [2.45, 2.75) is 38.7 Å². The Morgan fingerprint density at radius 3 is 2.18 bits per heavy atom. The van der Waals surface area contributed by atoms with E-state index in [9.17, 15) is 5.26 Å². The van der Waals surface area contributed by atoms with Crippen molar-refractivity contribution in [2.75, 3.05) is 0 Å². The highest BCUT2D eigenvalue weighted by Crippen LogP contribution is 2.25. The molecule has 0 heterocycles. The molecular weight excluding hydrogens is 294 g/mol. The van der Waals surface area contributed by atoms with Gasteiger partial charge in [0.05, 0.1) is 0 Å². The highest BCUT2D eigenvalue weighted by atomic mass is 35.5. The van der Waals surface area contributed by atoms with Gasteiger partial charge in [-0.3, -0.25) is 0 Å². The Morgan fingerprint density at radius 2 is 1.68 bits per heavy atom. The third-order valence-electron chi connectivity index (χ3n) is 3.58. The number of halogens is 1. The molecule has 2 aromatic rings. The van der Waals surface area contributed by atoms with Gasteiger partial charge < -0.3 is 4.74 Å². The standard InChI is InChI=1S/C19H20ClNO/c1-14(2)16-6-10-18(11-7-16)22-19(3,13-21)12-15-4-8-17(20)9-5-15/h4-11,14H,12H2,1-3H3. The van der Waals surface area contributed by atoms with E-state index < -0.39 is 5.60 Å². The highest BCUT2D eigenvalue weighted by Gasteiger charge is 2.26. The van der Waals surface area contributed by atoms with Crippen LogP contribution in [0.25, 0.3) is 0 Å². The third-order valence-corrected chi connectivity index (χ3v) is 3.83. The zero-order valence-electron chi connectivity index (χ0n) is 13.1. The summed E-state index contributed by atoms with van der Waals surface area (Å²) in [5.74, 6) is 1.19. The van der Waals surface area contributed by atoms with Crippen molar-refractivity contribution in [3.63, 3.8) is 0 Å². The van der Waals surface area contributed by atoms with E-state index in [-0.39, 0.29) is 0 Å². The smallest absolute Gasteiger partial charge is 0.195 e. The second kappa shape index (κ2) is 6.85. The van der Waals surface area contributed by atoms with Crippen LogP contribution in [0.5, 0.6) is 5.75 Å². The van der Waals surface area contributed by atoms with E-state index >= 15 is 0 Å². The summed E-state index contributed by atoms with van der Waals surface area (Å²) in [6, 6.07) is 17.7. The molecule has 114 valence electrons. The van der Waals surface area contributed by atoms with Crippen molar-refractivity contribution in [1.29, 1.82) is 5.26 Å². The Morgan fingerprint density at radius 1 is 1.09 bits per heavy atom. The molecule has 0 aliphatic rings. The van der Waals surface area contributed by atoms with Crippen molar-refractivity contribution >= 4 is 11.6 Å². The summed E-state index contributed by atoms with van der Waals surface area (Å²) in [6.45, 7) is 6.10. The van der Waals surface area contributed by atoms with Crippen molar-refractivity contribution < 1.29 is 4.74 Å². The Bertz CT molecular complexity index is 655. The quantitative estimate of drug-likeness (QED) is 0.743. The van der Waals surface area contributed by atoms with E-state index in [1.54, 1.807) is 6.92 Å². The first-order valence-electron chi connectivity index (χ1n) is 7.36. The molecule has 0 aliphatic heterocycles. The Kier molecular flexibility index (Phi) is 5.11. The van der Waals surface area contributed by atoms with Crippen molar-refractivity contribution in [1.82, 2.24) is 0 Å². The summed E-state index contributed by atoms with van der Waals surface area (Å²) in [6.07, 6.45) is 0.507. The van der Waals surface area contributed by atoms with Gasteiger partial charge in [0.25, 0.3) is 0 Å². The highest BCUT2D eigenvalue weighted by molar-refractivity contribution is 6.30. The fraction of sp³-hybridized carbons (Fsp3) is 0.316. The minimum absolute atomic E-state index is 0.477. The number of rotatable bonds is 5. The summed E-state index contributed by atoms with van der Waals surface area (Å²) >= 11 is 5.89. The molecule has 0 amide bonds. The van der Waals surface area contributed by atoms with Gasteiger partial charge in [0.15, 0.2) is 5.60 Å². The first-order chi connectivity index (χ1) is 10.4. The first kappa shape index (κ1) is 16.4. The van der Waals surface area contributed by atoms with E-state index in [4.69, 9.17) is 16.3 Å². The maximum absolute atomic E-state index is 9.50. The predicted octanol–water partition coefficient (Wildman–Crippen LogP) is 5.37.